The maximum Gasteiger partial charge on any atom is 0.262 e. The Kier molecular flexibility index (Phi) is 6.96. The van der Waals surface area contributed by atoms with Crippen LogP contribution in [0.15, 0.2) is 71.6 Å². The summed E-state index contributed by atoms with van der Waals surface area (Å²) in [7, 11) is -2.59. The number of aromatic hydroxyl groups is 1. The minimum absolute atomic E-state index is 0.0588. The Bertz CT molecular complexity index is 1400. The molecule has 0 unspecified atom stereocenters. The first-order valence-corrected chi connectivity index (χ1v) is 12.4. The van der Waals surface area contributed by atoms with Gasteiger partial charge in [0.2, 0.25) is 5.91 Å². The predicted molar refractivity (Wildman–Crippen MR) is 130 cm³/mol. The smallest absolute Gasteiger partial charge is 0.262 e. The lowest BCUT2D eigenvalue weighted by atomic mass is 10.3. The molecule has 0 spiro atoms. The summed E-state index contributed by atoms with van der Waals surface area (Å²) >= 11 is 1.47. The number of carbonyl (C=O) groups excluding carboxylic acids is 1. The number of carbonyl (C=O) groups is 1. The molecule has 1 heterocycles. The Morgan fingerprint density at radius 2 is 1.82 bits per heavy atom. The monoisotopic (exact) mass is 499 g/mol. The highest BCUT2D eigenvalue weighted by atomic mass is 32.2. The number of nitrogens with one attached hydrogen (secondary N) is 2. The molecule has 0 saturated heterocycles. The third-order valence-corrected chi connectivity index (χ3v) is 7.07. The number of phenols is 1. The third-order valence-electron chi connectivity index (χ3n) is 4.70. The zero-order chi connectivity index (χ0) is 24.1. The molecule has 0 radical (unpaired) electrons. The molecule has 34 heavy (non-hydrogen) atoms. The number of fused-ring (bicyclic) bond motifs is 1. The molecule has 0 bridgehead atoms. The van der Waals surface area contributed by atoms with Crippen LogP contribution in [0.5, 0.6) is 11.5 Å². The van der Waals surface area contributed by atoms with Crippen molar-refractivity contribution in [2.45, 2.75) is 11.5 Å². The Labute approximate surface area is 200 Å². The molecule has 4 rings (SSSR count). The lowest BCUT2D eigenvalue weighted by Gasteiger charge is -2.13. The van der Waals surface area contributed by atoms with Crippen LogP contribution in [0.1, 0.15) is 5.01 Å². The van der Waals surface area contributed by atoms with E-state index < -0.39 is 15.9 Å². The zero-order valence-electron chi connectivity index (χ0n) is 18.0. The van der Waals surface area contributed by atoms with Gasteiger partial charge in [0.15, 0.2) is 0 Å². The fourth-order valence-corrected chi connectivity index (χ4v) is 5.12. The number of anilines is 2. The molecule has 0 aliphatic heterocycles. The van der Waals surface area contributed by atoms with Crippen molar-refractivity contribution in [1.29, 1.82) is 0 Å². The number of rotatable bonds is 9. The number of benzene rings is 3. The zero-order valence-corrected chi connectivity index (χ0v) is 19.7. The van der Waals surface area contributed by atoms with E-state index in [0.717, 1.165) is 15.2 Å². The van der Waals surface area contributed by atoms with Crippen LogP contribution in [-0.4, -0.2) is 38.1 Å². The topological polar surface area (TPSA) is 127 Å². The van der Waals surface area contributed by atoms with Gasteiger partial charge < -0.3 is 19.9 Å². The number of aromatic nitrogens is 1. The van der Waals surface area contributed by atoms with Gasteiger partial charge in [0, 0.05) is 0 Å². The lowest BCUT2D eigenvalue weighted by Crippen LogP contribution is -2.19. The average molecular weight is 500 g/mol. The van der Waals surface area contributed by atoms with E-state index in [4.69, 9.17) is 9.47 Å². The summed E-state index contributed by atoms with van der Waals surface area (Å²) in [4.78, 5) is 16.6. The fourth-order valence-electron chi connectivity index (χ4n) is 3.11. The summed E-state index contributed by atoms with van der Waals surface area (Å²) in [5.41, 5.74) is 1.06. The van der Waals surface area contributed by atoms with Gasteiger partial charge in [-0.1, -0.05) is 24.3 Å². The number of hydrogen-bond donors (Lipinski definition) is 3. The van der Waals surface area contributed by atoms with Gasteiger partial charge in [-0.2, -0.15) is 0 Å². The van der Waals surface area contributed by atoms with Crippen molar-refractivity contribution in [2.75, 3.05) is 23.8 Å². The van der Waals surface area contributed by atoms with Gasteiger partial charge in [0.05, 0.1) is 40.2 Å². The number of thiazole rings is 1. The minimum atomic E-state index is -4.02. The van der Waals surface area contributed by atoms with Crippen LogP contribution in [0.2, 0.25) is 0 Å². The second-order valence-corrected chi connectivity index (χ2v) is 9.90. The van der Waals surface area contributed by atoms with Gasteiger partial charge >= 0.3 is 0 Å². The normalized spacial score (nSPS) is 11.3. The maximum absolute atomic E-state index is 12.8. The van der Waals surface area contributed by atoms with E-state index in [0.29, 0.717) is 5.75 Å². The van der Waals surface area contributed by atoms with Crippen molar-refractivity contribution in [3.63, 3.8) is 0 Å². The molecule has 3 aromatic carbocycles. The highest BCUT2D eigenvalue weighted by Crippen LogP contribution is 2.30. The van der Waals surface area contributed by atoms with Gasteiger partial charge in [0.1, 0.15) is 23.1 Å². The van der Waals surface area contributed by atoms with Crippen LogP contribution in [-0.2, 0) is 26.2 Å². The highest BCUT2D eigenvalue weighted by Gasteiger charge is 2.19. The molecule has 4 aromatic rings. The molecule has 1 amide bonds. The lowest BCUT2D eigenvalue weighted by molar-refractivity contribution is -0.121. The molecule has 9 nitrogen and oxygen atoms in total. The number of hydrogen-bond acceptors (Lipinski definition) is 8. The molecule has 0 fully saturated rings. The summed E-state index contributed by atoms with van der Waals surface area (Å²) in [6.45, 7) is -0.151. The minimum Gasteiger partial charge on any atom is -0.506 e. The van der Waals surface area contributed by atoms with Gasteiger partial charge in [0.25, 0.3) is 10.0 Å². The number of ether oxygens (including phenoxy) is 2. The maximum atomic E-state index is 12.8. The first-order valence-electron chi connectivity index (χ1n) is 10.1. The van der Waals surface area contributed by atoms with Crippen LogP contribution in [0.4, 0.5) is 11.4 Å². The quantitative estimate of drug-likeness (QED) is 0.298. The molecule has 3 N–H and O–H groups in total. The number of phenolic OH excluding ortho intramolecular Hbond substituents is 1. The SMILES string of the molecule is COc1ccccc1NS(=O)(=O)c1ccc(O)c(NC(=O)COCc2nc3ccccc3s2)c1. The van der Waals surface area contributed by atoms with Crippen LogP contribution in [0, 0.1) is 0 Å². The van der Waals surface area contributed by atoms with E-state index in [-0.39, 0.29) is 35.2 Å². The molecule has 0 aliphatic rings. The van der Waals surface area contributed by atoms with Gasteiger partial charge in [-0.05, 0) is 42.5 Å². The van der Waals surface area contributed by atoms with Crippen molar-refractivity contribution in [3.8, 4) is 11.5 Å². The van der Waals surface area contributed by atoms with E-state index in [9.17, 15) is 18.3 Å². The van der Waals surface area contributed by atoms with Gasteiger partial charge in [-0.15, -0.1) is 11.3 Å². The van der Waals surface area contributed by atoms with Crippen LogP contribution in [0.3, 0.4) is 0 Å². The molecule has 0 saturated carbocycles. The number of nitrogens with zero attached hydrogens (tertiary/aromatic N) is 1. The molecule has 176 valence electrons. The number of amides is 1. The van der Waals surface area contributed by atoms with E-state index in [1.54, 1.807) is 24.3 Å². The van der Waals surface area contributed by atoms with Crippen molar-refractivity contribution in [1.82, 2.24) is 4.98 Å². The third kappa shape index (κ3) is 5.45. The molecule has 0 aliphatic carbocycles. The van der Waals surface area contributed by atoms with Crippen LogP contribution < -0.4 is 14.8 Å². The summed E-state index contributed by atoms with van der Waals surface area (Å²) in [5, 5.41) is 13.3. The molecule has 1 aromatic heterocycles. The second-order valence-electron chi connectivity index (χ2n) is 7.10. The van der Waals surface area contributed by atoms with E-state index in [1.165, 1.54) is 36.6 Å². The summed E-state index contributed by atoms with van der Waals surface area (Å²) < 4.78 is 39.7. The second kappa shape index (κ2) is 10.1. The molecular weight excluding hydrogens is 478 g/mol. The van der Waals surface area contributed by atoms with E-state index >= 15 is 0 Å². The van der Waals surface area contributed by atoms with Crippen LogP contribution >= 0.6 is 11.3 Å². The molecular formula is C23H21N3O6S2. The Morgan fingerprint density at radius 1 is 1.06 bits per heavy atom. The van der Waals surface area contributed by atoms with E-state index in [2.05, 4.69) is 15.0 Å². The molecule has 11 heteroatoms. The van der Waals surface area contributed by atoms with E-state index in [1.807, 2.05) is 24.3 Å². The van der Waals surface area contributed by atoms with Crippen molar-refractivity contribution in [2.24, 2.45) is 0 Å². The van der Waals surface area contributed by atoms with Crippen molar-refractivity contribution >= 4 is 48.9 Å². The predicted octanol–water partition coefficient (Wildman–Crippen LogP) is 3.97. The highest BCUT2D eigenvalue weighted by molar-refractivity contribution is 7.92. The summed E-state index contributed by atoms with van der Waals surface area (Å²) in [6.07, 6.45) is 0. The fraction of sp³-hybridized carbons (Fsp3) is 0.130. The average Bonchev–Trinajstić information content (AvgIpc) is 3.23. The van der Waals surface area contributed by atoms with Crippen LogP contribution in [0.25, 0.3) is 10.2 Å². The Morgan fingerprint density at radius 3 is 2.62 bits per heavy atom. The Hall–Kier alpha value is -3.67. The summed E-state index contributed by atoms with van der Waals surface area (Å²) in [5.74, 6) is -0.483. The number of para-hydroxylation sites is 3. The number of sulfonamides is 1. The van der Waals surface area contributed by atoms with Crippen molar-refractivity contribution < 1.29 is 27.8 Å². The Balaban J connectivity index is 1.40. The number of methoxy groups -OCH3 is 1. The first-order chi connectivity index (χ1) is 16.4. The van der Waals surface area contributed by atoms with Gasteiger partial charge in [-0.25, -0.2) is 13.4 Å². The van der Waals surface area contributed by atoms with Crippen molar-refractivity contribution in [3.05, 3.63) is 71.7 Å². The first kappa shape index (κ1) is 23.5. The summed E-state index contributed by atoms with van der Waals surface area (Å²) in [6, 6.07) is 17.8. The largest absolute Gasteiger partial charge is 0.506 e. The van der Waals surface area contributed by atoms with Gasteiger partial charge in [-0.3, -0.25) is 9.52 Å². The standard InChI is InChI=1S/C23H21N3O6S2/c1-31-20-8-4-2-6-16(20)26-34(29,30)15-10-11-19(27)18(12-15)24-22(28)13-32-14-23-25-17-7-3-5-9-21(17)33-23/h2-12,26-27H,13-14H2,1H3,(H,24,28). The molecule has 0 atom stereocenters.